The number of hydrogen-bond donors (Lipinski definition) is 2. The molecule has 0 saturated carbocycles. The molecular weight excluding hydrogens is 557 g/mol. The topological polar surface area (TPSA) is 95.5 Å². The van der Waals surface area contributed by atoms with Crippen molar-refractivity contribution in [2.24, 2.45) is 0 Å². The molecule has 2 N–H and O–H groups in total. The van der Waals surface area contributed by atoms with Gasteiger partial charge in [0.1, 0.15) is 11.3 Å². The van der Waals surface area contributed by atoms with Gasteiger partial charge in [0.2, 0.25) is 11.8 Å². The molecule has 9 nitrogen and oxygen atoms in total. The summed E-state index contributed by atoms with van der Waals surface area (Å²) in [6.45, 7) is 4.67. The fourth-order valence-electron chi connectivity index (χ4n) is 5.20. The van der Waals surface area contributed by atoms with Crippen LogP contribution in [0.2, 0.25) is 0 Å². The molecule has 3 aromatic rings. The fraction of sp³-hybridized carbons (Fsp3) is 0.417. The summed E-state index contributed by atoms with van der Waals surface area (Å²) in [6, 6.07) is 11.0. The maximum Gasteiger partial charge on any atom is 0.235 e. The molecule has 3 aliphatic heterocycles. The van der Waals surface area contributed by atoms with Gasteiger partial charge in [-0.3, -0.25) is 14.7 Å². The van der Waals surface area contributed by atoms with Gasteiger partial charge in [-0.1, -0.05) is 0 Å². The molecule has 0 spiro atoms. The molecule has 0 unspecified atom stereocenters. The van der Waals surface area contributed by atoms with Gasteiger partial charge in [0.05, 0.1) is 34.7 Å². The number of pyridine rings is 3. The summed E-state index contributed by atoms with van der Waals surface area (Å²) in [5, 5.41) is 6.38. The van der Waals surface area contributed by atoms with Crippen LogP contribution in [0.1, 0.15) is 12.1 Å². The Bertz CT molecular complexity index is 1250. The number of likely N-dealkylation sites (tertiary alicyclic amines) is 1. The molecule has 0 aliphatic carbocycles. The number of carbonyl (C=O) groups is 1. The summed E-state index contributed by atoms with van der Waals surface area (Å²) in [4.78, 5) is 31.5. The standard InChI is InChI=1S/C24H27N7O2S.3ClH/c1-33-22-5-3-18-23(29-22)19(6-7-26-18)31-13-16-10-17(31)12-30(16)9-8-25-11-15-2-4-20-24(27-15)28-21(32)14-34-20;;;/h2-7,16-17,25H,8-14H2,1H3,(H,27,28,32);3*1H/t16-,17-;;;/m0.../s1. The summed E-state index contributed by atoms with van der Waals surface area (Å²) >= 11 is 1.54. The van der Waals surface area contributed by atoms with Crippen molar-refractivity contribution in [2.45, 2.75) is 29.9 Å². The van der Waals surface area contributed by atoms with Crippen molar-refractivity contribution < 1.29 is 9.53 Å². The SMILES string of the molecule is COc1ccc2nccc(N3C[C@@H]4C[C@H]3CN4CCNCc3ccc4c(n3)NC(=O)CS4)c2n1.Cl.Cl.Cl. The lowest BCUT2D eigenvalue weighted by Crippen LogP contribution is -2.48. The molecule has 2 fully saturated rings. The molecule has 6 rings (SSSR count). The second-order valence-electron chi connectivity index (χ2n) is 8.91. The number of thioether (sulfide) groups is 1. The molecule has 1 amide bonds. The smallest absolute Gasteiger partial charge is 0.235 e. The molecule has 3 aromatic heterocycles. The summed E-state index contributed by atoms with van der Waals surface area (Å²) < 4.78 is 5.34. The van der Waals surface area contributed by atoms with Crippen molar-refractivity contribution >= 4 is 77.4 Å². The highest BCUT2D eigenvalue weighted by Crippen LogP contribution is 2.37. The van der Waals surface area contributed by atoms with Crippen LogP contribution < -0.4 is 20.3 Å². The Hall–Kier alpha value is -2.08. The van der Waals surface area contributed by atoms with E-state index in [1.54, 1.807) is 7.11 Å². The number of amides is 1. The van der Waals surface area contributed by atoms with Crippen LogP contribution in [0, 0.1) is 0 Å². The predicted molar refractivity (Wildman–Crippen MR) is 154 cm³/mol. The minimum absolute atomic E-state index is 0. The maximum absolute atomic E-state index is 11.6. The van der Waals surface area contributed by atoms with Crippen LogP contribution in [-0.2, 0) is 11.3 Å². The summed E-state index contributed by atoms with van der Waals surface area (Å²) in [6.07, 6.45) is 3.05. The predicted octanol–water partition coefficient (Wildman–Crippen LogP) is 3.40. The highest BCUT2D eigenvalue weighted by atomic mass is 35.5. The zero-order valence-corrected chi connectivity index (χ0v) is 23.5. The Balaban J connectivity index is 0.00000127. The Labute approximate surface area is 238 Å². The second kappa shape index (κ2) is 12.6. The Kier molecular flexibility index (Phi) is 10.1. The molecule has 0 aromatic carbocycles. The number of piperazine rings is 1. The highest BCUT2D eigenvalue weighted by Gasteiger charge is 2.43. The van der Waals surface area contributed by atoms with Gasteiger partial charge in [0.15, 0.2) is 0 Å². The van der Waals surface area contributed by atoms with Gasteiger partial charge in [0, 0.05) is 57.1 Å². The number of fused-ring (bicyclic) bond motifs is 4. The summed E-state index contributed by atoms with van der Waals surface area (Å²) in [7, 11) is 1.65. The third kappa shape index (κ3) is 6.00. The number of anilines is 2. The minimum Gasteiger partial charge on any atom is -0.481 e. The first kappa shape index (κ1) is 29.5. The van der Waals surface area contributed by atoms with Crippen molar-refractivity contribution in [2.75, 3.05) is 49.3 Å². The third-order valence-corrected chi connectivity index (χ3v) is 7.87. The summed E-state index contributed by atoms with van der Waals surface area (Å²) in [5.41, 5.74) is 3.91. The van der Waals surface area contributed by atoms with E-state index in [0.29, 0.717) is 36.1 Å². The highest BCUT2D eigenvalue weighted by molar-refractivity contribution is 8.00. The van der Waals surface area contributed by atoms with Gasteiger partial charge in [0.25, 0.3) is 0 Å². The van der Waals surface area contributed by atoms with Crippen molar-refractivity contribution in [3.63, 3.8) is 0 Å². The van der Waals surface area contributed by atoms with Gasteiger partial charge in [-0.2, -0.15) is 0 Å². The number of aromatic nitrogens is 3. The van der Waals surface area contributed by atoms with Crippen LogP contribution in [0.5, 0.6) is 5.88 Å². The van der Waals surface area contributed by atoms with E-state index in [1.165, 1.54) is 18.2 Å². The Morgan fingerprint density at radius 3 is 2.76 bits per heavy atom. The van der Waals surface area contributed by atoms with E-state index in [0.717, 1.165) is 53.5 Å². The van der Waals surface area contributed by atoms with Crippen molar-refractivity contribution in [1.29, 1.82) is 0 Å². The van der Waals surface area contributed by atoms with Crippen LogP contribution in [0.15, 0.2) is 41.4 Å². The maximum atomic E-state index is 11.6. The molecular formula is C24H30Cl3N7O2S. The molecule has 13 heteroatoms. The number of rotatable bonds is 7. The fourth-order valence-corrected chi connectivity index (χ4v) is 5.96. The monoisotopic (exact) mass is 585 g/mol. The van der Waals surface area contributed by atoms with Gasteiger partial charge in [-0.15, -0.1) is 49.0 Å². The van der Waals surface area contributed by atoms with E-state index in [-0.39, 0.29) is 43.1 Å². The number of halogens is 3. The third-order valence-electron chi connectivity index (χ3n) is 6.82. The van der Waals surface area contributed by atoms with E-state index in [1.807, 2.05) is 30.5 Å². The lowest BCUT2D eigenvalue weighted by atomic mass is 10.2. The van der Waals surface area contributed by atoms with E-state index in [9.17, 15) is 4.79 Å². The zero-order chi connectivity index (χ0) is 23.1. The van der Waals surface area contributed by atoms with Crippen LogP contribution in [-0.4, -0.2) is 76.9 Å². The quantitative estimate of drug-likeness (QED) is 0.404. The molecule has 2 atom stereocenters. The van der Waals surface area contributed by atoms with E-state index in [2.05, 4.69) is 41.5 Å². The average Bonchev–Trinajstić information content (AvgIpc) is 3.46. The van der Waals surface area contributed by atoms with Crippen molar-refractivity contribution in [3.05, 3.63) is 42.2 Å². The molecule has 6 heterocycles. The Morgan fingerprint density at radius 1 is 1.11 bits per heavy atom. The summed E-state index contributed by atoms with van der Waals surface area (Å²) in [5.74, 6) is 1.79. The minimum atomic E-state index is 0. The lowest BCUT2D eigenvalue weighted by Gasteiger charge is -2.35. The second-order valence-corrected chi connectivity index (χ2v) is 9.92. The van der Waals surface area contributed by atoms with E-state index >= 15 is 0 Å². The van der Waals surface area contributed by atoms with Crippen LogP contribution in [0.4, 0.5) is 11.5 Å². The van der Waals surface area contributed by atoms with E-state index < -0.39 is 0 Å². The number of hydrogen-bond acceptors (Lipinski definition) is 9. The van der Waals surface area contributed by atoms with Gasteiger partial charge >= 0.3 is 0 Å². The zero-order valence-electron chi connectivity index (χ0n) is 20.3. The molecule has 3 aliphatic rings. The van der Waals surface area contributed by atoms with Crippen molar-refractivity contribution in [1.82, 2.24) is 25.2 Å². The molecule has 200 valence electrons. The van der Waals surface area contributed by atoms with Crippen LogP contribution in [0.25, 0.3) is 11.0 Å². The number of nitrogens with one attached hydrogen (secondary N) is 2. The molecule has 2 saturated heterocycles. The normalized spacial score (nSPS) is 19.9. The van der Waals surface area contributed by atoms with E-state index in [4.69, 9.17) is 4.74 Å². The molecule has 2 bridgehead atoms. The van der Waals surface area contributed by atoms with Crippen LogP contribution >= 0.6 is 49.0 Å². The number of methoxy groups -OCH3 is 1. The first-order valence-corrected chi connectivity index (χ1v) is 12.6. The average molecular weight is 587 g/mol. The van der Waals surface area contributed by atoms with Crippen molar-refractivity contribution in [3.8, 4) is 5.88 Å². The largest absolute Gasteiger partial charge is 0.481 e. The van der Waals surface area contributed by atoms with Crippen LogP contribution in [0.3, 0.4) is 0 Å². The van der Waals surface area contributed by atoms with Gasteiger partial charge < -0.3 is 20.3 Å². The lowest BCUT2D eigenvalue weighted by molar-refractivity contribution is -0.113. The Morgan fingerprint density at radius 2 is 1.97 bits per heavy atom. The molecule has 0 radical (unpaired) electrons. The number of carbonyl (C=O) groups excluding carboxylic acids is 1. The first-order valence-electron chi connectivity index (χ1n) is 11.6. The number of ether oxygens (including phenoxy) is 1. The number of nitrogens with zero attached hydrogens (tertiary/aromatic N) is 5. The van der Waals surface area contributed by atoms with Gasteiger partial charge in [-0.25, -0.2) is 9.97 Å². The first-order chi connectivity index (χ1) is 16.7. The van der Waals surface area contributed by atoms with Gasteiger partial charge in [-0.05, 0) is 30.7 Å². The molecule has 37 heavy (non-hydrogen) atoms.